The summed E-state index contributed by atoms with van der Waals surface area (Å²) < 4.78 is 18.5. The number of halogens is 2. The maximum atomic E-state index is 13.4. The first-order valence-corrected chi connectivity index (χ1v) is 9.86. The minimum absolute atomic E-state index is 0.157. The lowest BCUT2D eigenvalue weighted by molar-refractivity contribution is 0.0954. The number of methoxy groups -OCH3 is 1. The van der Waals surface area contributed by atoms with Crippen LogP contribution in [0.25, 0.3) is 0 Å². The van der Waals surface area contributed by atoms with Crippen LogP contribution in [-0.4, -0.2) is 32.1 Å². The van der Waals surface area contributed by atoms with Gasteiger partial charge in [-0.2, -0.15) is 0 Å². The Balaban J connectivity index is 1.70. The van der Waals surface area contributed by atoms with Crippen molar-refractivity contribution in [1.29, 1.82) is 0 Å². The van der Waals surface area contributed by atoms with E-state index in [9.17, 15) is 14.0 Å². The van der Waals surface area contributed by atoms with E-state index in [1.165, 1.54) is 29.2 Å². The van der Waals surface area contributed by atoms with Gasteiger partial charge in [-0.15, -0.1) is 0 Å². The highest BCUT2D eigenvalue weighted by atomic mass is 35.5. The van der Waals surface area contributed by atoms with Crippen molar-refractivity contribution in [3.63, 3.8) is 0 Å². The van der Waals surface area contributed by atoms with Crippen LogP contribution in [0.2, 0.25) is 5.02 Å². The lowest BCUT2D eigenvalue weighted by atomic mass is 10.2. The van der Waals surface area contributed by atoms with Crippen LogP contribution in [0, 0.1) is 5.82 Å². The van der Waals surface area contributed by atoms with E-state index in [0.717, 1.165) is 0 Å². The Morgan fingerprint density at radius 3 is 2.32 bits per heavy atom. The number of benzene rings is 3. The van der Waals surface area contributed by atoms with Crippen LogP contribution in [0.4, 0.5) is 20.6 Å². The largest absolute Gasteiger partial charge is 0.497 e. The summed E-state index contributed by atoms with van der Waals surface area (Å²) in [5, 5.41) is 5.88. The summed E-state index contributed by atoms with van der Waals surface area (Å²) >= 11 is 6.05. The number of amides is 3. The third-order valence-electron chi connectivity index (χ3n) is 4.46. The predicted molar refractivity (Wildman–Crippen MR) is 120 cm³/mol. The Kier molecular flexibility index (Phi) is 7.45. The molecule has 3 rings (SSSR count). The number of nitrogens with zero attached hydrogens (tertiary/aromatic N) is 1. The zero-order valence-corrected chi connectivity index (χ0v) is 17.5. The Labute approximate surface area is 184 Å². The second-order valence-corrected chi connectivity index (χ2v) is 6.93. The molecule has 3 aromatic rings. The molecule has 0 bridgehead atoms. The summed E-state index contributed by atoms with van der Waals surface area (Å²) in [6, 6.07) is 18.7. The van der Waals surface area contributed by atoms with E-state index in [-0.39, 0.29) is 19.0 Å². The number of hydrogen-bond donors (Lipinski definition) is 2. The van der Waals surface area contributed by atoms with E-state index in [1.54, 1.807) is 55.6 Å². The molecule has 0 aliphatic heterocycles. The molecule has 160 valence electrons. The fourth-order valence-electron chi connectivity index (χ4n) is 2.86. The molecule has 0 saturated heterocycles. The van der Waals surface area contributed by atoms with Crippen molar-refractivity contribution in [3.05, 3.63) is 89.2 Å². The number of carbonyl (C=O) groups is 2. The smallest absolute Gasteiger partial charge is 0.326 e. The quantitative estimate of drug-likeness (QED) is 0.544. The van der Waals surface area contributed by atoms with Gasteiger partial charge in [0.15, 0.2) is 0 Å². The van der Waals surface area contributed by atoms with Gasteiger partial charge in [0, 0.05) is 24.5 Å². The van der Waals surface area contributed by atoms with E-state index in [0.29, 0.717) is 27.7 Å². The fourth-order valence-corrected chi connectivity index (χ4v) is 3.08. The highest BCUT2D eigenvalue weighted by molar-refractivity contribution is 6.33. The van der Waals surface area contributed by atoms with Crippen LogP contribution in [0.15, 0.2) is 72.8 Å². The molecular weight excluding hydrogens is 421 g/mol. The van der Waals surface area contributed by atoms with E-state index in [2.05, 4.69) is 10.6 Å². The molecule has 0 fully saturated rings. The molecule has 0 saturated carbocycles. The predicted octanol–water partition coefficient (Wildman–Crippen LogP) is 4.96. The van der Waals surface area contributed by atoms with Gasteiger partial charge >= 0.3 is 6.03 Å². The lowest BCUT2D eigenvalue weighted by Crippen LogP contribution is -2.41. The average Bonchev–Trinajstić information content (AvgIpc) is 2.78. The van der Waals surface area contributed by atoms with Gasteiger partial charge in [-0.05, 0) is 60.7 Å². The minimum Gasteiger partial charge on any atom is -0.497 e. The van der Waals surface area contributed by atoms with E-state index < -0.39 is 11.8 Å². The Bertz CT molecular complexity index is 1040. The van der Waals surface area contributed by atoms with Gasteiger partial charge in [0.25, 0.3) is 5.91 Å². The SMILES string of the molecule is COc1ccc(NC(=O)N(CCNC(=O)c2ccccc2Cl)c2ccc(F)cc2)cc1. The van der Waals surface area contributed by atoms with Crippen molar-refractivity contribution in [1.82, 2.24) is 5.32 Å². The van der Waals surface area contributed by atoms with Crippen molar-refractivity contribution in [2.24, 2.45) is 0 Å². The molecule has 0 aliphatic rings. The second kappa shape index (κ2) is 10.4. The third-order valence-corrected chi connectivity index (χ3v) is 4.79. The van der Waals surface area contributed by atoms with Crippen LogP contribution in [0.3, 0.4) is 0 Å². The van der Waals surface area contributed by atoms with Gasteiger partial charge in [-0.25, -0.2) is 9.18 Å². The van der Waals surface area contributed by atoms with E-state index in [1.807, 2.05) is 0 Å². The number of hydrogen-bond acceptors (Lipinski definition) is 3. The van der Waals surface area contributed by atoms with Gasteiger partial charge in [-0.1, -0.05) is 23.7 Å². The molecule has 2 N–H and O–H groups in total. The molecule has 3 amide bonds. The van der Waals surface area contributed by atoms with Crippen molar-refractivity contribution in [2.45, 2.75) is 0 Å². The first-order valence-electron chi connectivity index (χ1n) is 9.49. The van der Waals surface area contributed by atoms with Crippen molar-refractivity contribution >= 4 is 34.9 Å². The van der Waals surface area contributed by atoms with Gasteiger partial charge in [-0.3, -0.25) is 9.69 Å². The van der Waals surface area contributed by atoms with Crippen LogP contribution < -0.4 is 20.3 Å². The molecule has 0 aromatic heterocycles. The number of nitrogens with one attached hydrogen (secondary N) is 2. The highest BCUT2D eigenvalue weighted by Crippen LogP contribution is 2.19. The van der Waals surface area contributed by atoms with Crippen LogP contribution in [0.5, 0.6) is 5.75 Å². The van der Waals surface area contributed by atoms with Gasteiger partial charge in [0.1, 0.15) is 11.6 Å². The monoisotopic (exact) mass is 441 g/mol. The molecule has 3 aromatic carbocycles. The summed E-state index contributed by atoms with van der Waals surface area (Å²) in [4.78, 5) is 26.7. The molecule has 0 spiro atoms. The summed E-state index contributed by atoms with van der Waals surface area (Å²) in [5.41, 5.74) is 1.40. The molecule has 0 radical (unpaired) electrons. The average molecular weight is 442 g/mol. The summed E-state index contributed by atoms with van der Waals surface area (Å²) in [7, 11) is 1.56. The topological polar surface area (TPSA) is 70.7 Å². The summed E-state index contributed by atoms with van der Waals surface area (Å²) in [6.07, 6.45) is 0. The van der Waals surface area contributed by atoms with Crippen molar-refractivity contribution in [2.75, 3.05) is 30.4 Å². The normalized spacial score (nSPS) is 10.3. The van der Waals surface area contributed by atoms with Crippen molar-refractivity contribution < 1.29 is 18.7 Å². The molecule has 0 heterocycles. The Morgan fingerprint density at radius 2 is 1.68 bits per heavy atom. The number of carbonyl (C=O) groups excluding carboxylic acids is 2. The Morgan fingerprint density at radius 1 is 1.00 bits per heavy atom. The molecular formula is C23H21ClFN3O3. The zero-order chi connectivity index (χ0) is 22.2. The zero-order valence-electron chi connectivity index (χ0n) is 16.8. The molecule has 31 heavy (non-hydrogen) atoms. The number of ether oxygens (including phenoxy) is 1. The first-order chi connectivity index (χ1) is 15.0. The highest BCUT2D eigenvalue weighted by Gasteiger charge is 2.17. The van der Waals surface area contributed by atoms with Crippen LogP contribution in [-0.2, 0) is 0 Å². The number of rotatable bonds is 7. The number of anilines is 2. The molecule has 6 nitrogen and oxygen atoms in total. The summed E-state index contributed by atoms with van der Waals surface area (Å²) in [5.74, 6) is -0.0952. The molecule has 0 unspecified atom stereocenters. The minimum atomic E-state index is -0.427. The van der Waals surface area contributed by atoms with Crippen LogP contribution >= 0.6 is 11.6 Å². The third kappa shape index (κ3) is 5.96. The standard InChI is InChI=1S/C23H21ClFN3O3/c1-31-19-12-8-17(9-13-19)27-23(30)28(18-10-6-16(25)7-11-18)15-14-26-22(29)20-4-2-3-5-21(20)24/h2-13H,14-15H2,1H3,(H,26,29)(H,27,30). The summed E-state index contributed by atoms with van der Waals surface area (Å²) in [6.45, 7) is 0.321. The first kappa shape index (κ1) is 22.1. The fraction of sp³-hybridized carbons (Fsp3) is 0.130. The molecule has 0 atom stereocenters. The molecule has 8 heteroatoms. The van der Waals surface area contributed by atoms with Crippen LogP contribution in [0.1, 0.15) is 10.4 Å². The van der Waals surface area contributed by atoms with Gasteiger partial charge in [0.05, 0.1) is 17.7 Å². The van der Waals surface area contributed by atoms with Gasteiger partial charge < -0.3 is 15.4 Å². The van der Waals surface area contributed by atoms with Gasteiger partial charge in [0.2, 0.25) is 0 Å². The maximum Gasteiger partial charge on any atom is 0.326 e. The lowest BCUT2D eigenvalue weighted by Gasteiger charge is -2.23. The maximum absolute atomic E-state index is 13.4. The number of urea groups is 1. The van der Waals surface area contributed by atoms with E-state index >= 15 is 0 Å². The van der Waals surface area contributed by atoms with Crippen molar-refractivity contribution in [3.8, 4) is 5.75 Å². The second-order valence-electron chi connectivity index (χ2n) is 6.52. The Hall–Kier alpha value is -3.58. The molecule has 0 aliphatic carbocycles. The van der Waals surface area contributed by atoms with E-state index in [4.69, 9.17) is 16.3 Å².